The lowest BCUT2D eigenvalue weighted by molar-refractivity contribution is 0.0509. The molecule has 1 heterocycles. The predicted molar refractivity (Wildman–Crippen MR) is 71.4 cm³/mol. The molecular weight excluding hydrogens is 287 g/mol. The Bertz CT molecular complexity index is 595. The van der Waals surface area contributed by atoms with Gasteiger partial charge in [-0.3, -0.25) is 0 Å². The lowest BCUT2D eigenvalue weighted by Crippen LogP contribution is -2.32. The van der Waals surface area contributed by atoms with Gasteiger partial charge in [-0.1, -0.05) is 6.92 Å². The molecule has 114 valence electrons. The van der Waals surface area contributed by atoms with Gasteiger partial charge < -0.3 is 9.30 Å². The molecule has 6 nitrogen and oxygen atoms in total. The van der Waals surface area contributed by atoms with Crippen molar-refractivity contribution in [1.29, 1.82) is 0 Å². The van der Waals surface area contributed by atoms with Crippen molar-refractivity contribution in [1.82, 2.24) is 9.29 Å². The third-order valence-corrected chi connectivity index (χ3v) is 4.39. The van der Waals surface area contributed by atoms with Crippen LogP contribution in [0.5, 0.6) is 0 Å². The van der Waals surface area contributed by atoms with Crippen molar-refractivity contribution >= 4 is 16.0 Å². The highest BCUT2D eigenvalue weighted by Crippen LogP contribution is 2.21. The highest BCUT2D eigenvalue weighted by molar-refractivity contribution is 7.89. The molecule has 8 heteroatoms. The number of halogens is 1. The number of aryl methyl sites for hydroxylation is 1. The molecule has 0 radical (unpaired) electrons. The lowest BCUT2D eigenvalue weighted by atomic mass is 10.3. The van der Waals surface area contributed by atoms with E-state index in [1.165, 1.54) is 7.05 Å². The molecule has 20 heavy (non-hydrogen) atoms. The summed E-state index contributed by atoms with van der Waals surface area (Å²) in [5.74, 6) is -1.99. The number of hydrogen-bond acceptors (Lipinski definition) is 4. The first-order valence-electron chi connectivity index (χ1n) is 6.28. The molecule has 0 spiro atoms. The topological polar surface area (TPSA) is 77.4 Å². The van der Waals surface area contributed by atoms with Crippen LogP contribution >= 0.6 is 0 Å². The van der Waals surface area contributed by atoms with Crippen molar-refractivity contribution < 1.29 is 22.3 Å². The van der Waals surface area contributed by atoms with Crippen LogP contribution in [0.15, 0.2) is 11.1 Å². The van der Waals surface area contributed by atoms with E-state index in [9.17, 15) is 17.6 Å². The van der Waals surface area contributed by atoms with Crippen LogP contribution < -0.4 is 4.72 Å². The molecule has 0 aromatic carbocycles. The number of esters is 1. The monoisotopic (exact) mass is 306 g/mol. The number of carbonyl (C=O) groups excluding carboxylic acids is 1. The minimum absolute atomic E-state index is 0.0800. The average molecular weight is 306 g/mol. The Labute approximate surface area is 118 Å². The molecule has 0 bridgehead atoms. The quantitative estimate of drug-likeness (QED) is 0.806. The van der Waals surface area contributed by atoms with E-state index in [4.69, 9.17) is 4.74 Å². The number of nitrogens with one attached hydrogen (secondary N) is 1. The van der Waals surface area contributed by atoms with Gasteiger partial charge in [-0.25, -0.2) is 22.3 Å². The van der Waals surface area contributed by atoms with E-state index >= 15 is 0 Å². The number of nitrogens with zero attached hydrogens (tertiary/aromatic N) is 1. The summed E-state index contributed by atoms with van der Waals surface area (Å²) >= 11 is 0. The molecular formula is C12H19FN2O4S. The van der Waals surface area contributed by atoms with Gasteiger partial charge >= 0.3 is 5.97 Å². The van der Waals surface area contributed by atoms with Crippen LogP contribution in [0.25, 0.3) is 0 Å². The Morgan fingerprint density at radius 3 is 2.60 bits per heavy atom. The zero-order valence-corrected chi connectivity index (χ0v) is 12.8. The summed E-state index contributed by atoms with van der Waals surface area (Å²) in [6, 6.07) is -0.328. The van der Waals surface area contributed by atoms with E-state index < -0.39 is 32.4 Å². The third kappa shape index (κ3) is 3.37. The first kappa shape index (κ1) is 16.6. The maximum atomic E-state index is 14.2. The van der Waals surface area contributed by atoms with Crippen molar-refractivity contribution in [3.8, 4) is 0 Å². The fourth-order valence-electron chi connectivity index (χ4n) is 1.60. The van der Waals surface area contributed by atoms with E-state index in [1.54, 1.807) is 20.8 Å². The highest BCUT2D eigenvalue weighted by Gasteiger charge is 2.29. The molecule has 1 atom stereocenters. The molecule has 1 rings (SSSR count). The van der Waals surface area contributed by atoms with Gasteiger partial charge in [0.25, 0.3) is 0 Å². The molecule has 0 saturated heterocycles. The zero-order chi connectivity index (χ0) is 15.5. The van der Waals surface area contributed by atoms with E-state index in [0.717, 1.165) is 10.8 Å². The van der Waals surface area contributed by atoms with Gasteiger partial charge in [-0.2, -0.15) is 0 Å². The molecule has 0 aliphatic heterocycles. The molecule has 1 aromatic heterocycles. The van der Waals surface area contributed by atoms with E-state index in [-0.39, 0.29) is 12.6 Å². The van der Waals surface area contributed by atoms with Gasteiger partial charge in [0.15, 0.2) is 11.5 Å². The Hall–Kier alpha value is -1.41. The van der Waals surface area contributed by atoms with Gasteiger partial charge in [0.1, 0.15) is 4.90 Å². The Morgan fingerprint density at radius 2 is 2.10 bits per heavy atom. The van der Waals surface area contributed by atoms with Crippen LogP contribution in [-0.2, 0) is 21.8 Å². The zero-order valence-electron chi connectivity index (χ0n) is 11.9. The molecule has 1 N–H and O–H groups in total. The second kappa shape index (κ2) is 6.36. The highest BCUT2D eigenvalue weighted by atomic mass is 32.2. The van der Waals surface area contributed by atoms with E-state index in [2.05, 4.69) is 4.72 Å². The largest absolute Gasteiger partial charge is 0.461 e. The lowest BCUT2D eigenvalue weighted by Gasteiger charge is -2.10. The first-order chi connectivity index (χ1) is 9.24. The molecule has 0 saturated carbocycles. The first-order valence-corrected chi connectivity index (χ1v) is 7.77. The van der Waals surface area contributed by atoms with Gasteiger partial charge in [0.05, 0.1) is 6.61 Å². The number of sulfonamides is 1. The number of aromatic nitrogens is 1. The third-order valence-electron chi connectivity index (χ3n) is 2.81. The summed E-state index contributed by atoms with van der Waals surface area (Å²) in [5, 5.41) is 0. The fourth-order valence-corrected chi connectivity index (χ4v) is 3.05. The smallest absolute Gasteiger partial charge is 0.358 e. The molecule has 0 aliphatic carbocycles. The van der Waals surface area contributed by atoms with E-state index in [1.807, 2.05) is 0 Å². The summed E-state index contributed by atoms with van der Waals surface area (Å²) in [4.78, 5) is 11.1. The Morgan fingerprint density at radius 1 is 1.50 bits per heavy atom. The van der Waals surface area contributed by atoms with Crippen molar-refractivity contribution in [3.63, 3.8) is 0 Å². The van der Waals surface area contributed by atoms with Crippen LogP contribution in [0.3, 0.4) is 0 Å². The van der Waals surface area contributed by atoms with Crippen LogP contribution in [-0.4, -0.2) is 31.6 Å². The summed E-state index contributed by atoms with van der Waals surface area (Å²) in [6.07, 6.45) is 1.63. The van der Waals surface area contributed by atoms with Crippen molar-refractivity contribution in [2.24, 2.45) is 7.05 Å². The number of ether oxygens (including phenoxy) is 1. The summed E-state index contributed by atoms with van der Waals surface area (Å²) in [7, 11) is -2.62. The van der Waals surface area contributed by atoms with Gasteiger partial charge in [-0.05, 0) is 20.3 Å². The van der Waals surface area contributed by atoms with E-state index in [0.29, 0.717) is 6.42 Å². The number of carbonyl (C=O) groups is 1. The summed E-state index contributed by atoms with van der Waals surface area (Å²) in [5.41, 5.74) is -0.406. The van der Waals surface area contributed by atoms with Crippen molar-refractivity contribution in [2.75, 3.05) is 6.61 Å². The predicted octanol–water partition coefficient (Wildman–Crippen LogP) is 1.42. The molecule has 1 unspecified atom stereocenters. The van der Waals surface area contributed by atoms with Crippen LogP contribution in [0.1, 0.15) is 37.7 Å². The summed E-state index contributed by atoms with van der Waals surface area (Å²) in [6.45, 7) is 5.14. The van der Waals surface area contributed by atoms with Gasteiger partial charge in [0, 0.05) is 19.3 Å². The molecule has 1 aromatic rings. The average Bonchev–Trinajstić information content (AvgIpc) is 2.65. The molecule has 0 amide bonds. The second-order valence-corrected chi connectivity index (χ2v) is 6.10. The van der Waals surface area contributed by atoms with Crippen molar-refractivity contribution in [3.05, 3.63) is 17.7 Å². The van der Waals surface area contributed by atoms with Crippen LogP contribution in [0.4, 0.5) is 4.39 Å². The Balaban J connectivity index is 3.22. The van der Waals surface area contributed by atoms with Crippen molar-refractivity contribution in [2.45, 2.75) is 38.1 Å². The second-order valence-electron chi connectivity index (χ2n) is 4.42. The molecule has 0 fully saturated rings. The van der Waals surface area contributed by atoms with Gasteiger partial charge in [-0.15, -0.1) is 0 Å². The normalized spacial score (nSPS) is 13.2. The fraction of sp³-hybridized carbons (Fsp3) is 0.583. The minimum Gasteiger partial charge on any atom is -0.461 e. The maximum absolute atomic E-state index is 14.2. The van der Waals surface area contributed by atoms with Crippen LogP contribution in [0, 0.1) is 5.82 Å². The Kier molecular flexibility index (Phi) is 5.29. The standard InChI is InChI=1S/C12H19FN2O4S/c1-5-8(3)14-20(17,18)9-7-15(4)11(10(9)13)12(16)19-6-2/h7-8,14H,5-6H2,1-4H3. The van der Waals surface area contributed by atoms with Crippen LogP contribution in [0.2, 0.25) is 0 Å². The summed E-state index contributed by atoms with van der Waals surface area (Å²) < 4.78 is 46.4. The van der Waals surface area contributed by atoms with Gasteiger partial charge in [0.2, 0.25) is 10.0 Å². The minimum atomic E-state index is -4.01. The SMILES string of the molecule is CCOC(=O)c1c(F)c(S(=O)(=O)NC(C)CC)cn1C. The molecule has 0 aliphatic rings. The number of hydrogen-bond donors (Lipinski definition) is 1. The number of rotatable bonds is 6. The maximum Gasteiger partial charge on any atom is 0.358 e.